The van der Waals surface area contributed by atoms with E-state index in [1.165, 1.54) is 5.39 Å². The van der Waals surface area contributed by atoms with Crippen LogP contribution in [0.2, 0.25) is 0 Å². The Bertz CT molecular complexity index is 755. The van der Waals surface area contributed by atoms with Crippen molar-refractivity contribution in [2.75, 3.05) is 6.54 Å². The number of likely N-dealkylation sites (tertiary alicyclic amines) is 1. The lowest BCUT2D eigenvalue weighted by molar-refractivity contribution is 0.0574. The molecule has 22 heavy (non-hydrogen) atoms. The van der Waals surface area contributed by atoms with Crippen LogP contribution in [0.15, 0.2) is 53.1 Å². The molecule has 0 spiro atoms. The monoisotopic (exact) mass is 294 g/mol. The average molecular weight is 294 g/mol. The van der Waals surface area contributed by atoms with Gasteiger partial charge in [-0.05, 0) is 48.9 Å². The molecule has 1 unspecified atom stereocenters. The molecule has 1 saturated heterocycles. The minimum Gasteiger partial charge on any atom is -0.459 e. The van der Waals surface area contributed by atoms with Gasteiger partial charge in [0.1, 0.15) is 0 Å². The zero-order valence-electron chi connectivity index (χ0n) is 12.3. The Balaban J connectivity index is 1.69. The van der Waals surface area contributed by atoms with Gasteiger partial charge in [-0.15, -0.1) is 0 Å². The molecule has 1 N–H and O–H groups in total. The van der Waals surface area contributed by atoms with Gasteiger partial charge < -0.3 is 14.3 Å². The van der Waals surface area contributed by atoms with E-state index in [1.54, 1.807) is 18.4 Å². The van der Waals surface area contributed by atoms with Crippen molar-refractivity contribution in [3.05, 3.63) is 60.2 Å². The quantitative estimate of drug-likeness (QED) is 0.772. The lowest BCUT2D eigenvalue weighted by atomic mass is 9.99. The normalized spacial score (nSPS) is 18.7. The van der Waals surface area contributed by atoms with E-state index in [0.29, 0.717) is 5.76 Å². The first-order chi connectivity index (χ1) is 10.8. The van der Waals surface area contributed by atoms with Gasteiger partial charge in [-0.2, -0.15) is 0 Å². The fourth-order valence-corrected chi connectivity index (χ4v) is 3.32. The van der Waals surface area contributed by atoms with Gasteiger partial charge in [0.15, 0.2) is 5.76 Å². The zero-order chi connectivity index (χ0) is 14.9. The Morgan fingerprint density at radius 1 is 1.18 bits per heavy atom. The van der Waals surface area contributed by atoms with Gasteiger partial charge in [0.05, 0.1) is 12.3 Å². The molecule has 1 atom stereocenters. The number of aromatic nitrogens is 1. The SMILES string of the molecule is O=C(c1ccco1)N1CCCCC1c1cc2ccccc2[nH]1. The second-order valence-corrected chi connectivity index (χ2v) is 5.80. The van der Waals surface area contributed by atoms with Crippen LogP contribution in [-0.4, -0.2) is 22.3 Å². The third-order valence-corrected chi connectivity index (χ3v) is 4.41. The van der Waals surface area contributed by atoms with E-state index in [9.17, 15) is 4.79 Å². The molecule has 1 aliphatic heterocycles. The van der Waals surface area contributed by atoms with Crippen molar-refractivity contribution < 1.29 is 9.21 Å². The standard InChI is InChI=1S/C18H18N2O2/c21-18(17-9-5-11-22-17)20-10-4-3-8-16(20)15-12-13-6-1-2-7-14(13)19-15/h1-2,5-7,9,11-12,16,19H,3-4,8,10H2. The molecule has 1 amide bonds. The summed E-state index contributed by atoms with van der Waals surface area (Å²) < 4.78 is 5.29. The highest BCUT2D eigenvalue weighted by Crippen LogP contribution is 2.33. The lowest BCUT2D eigenvalue weighted by Gasteiger charge is -2.34. The number of amides is 1. The number of nitrogens with one attached hydrogen (secondary N) is 1. The van der Waals surface area contributed by atoms with Crippen LogP contribution in [0.4, 0.5) is 0 Å². The number of benzene rings is 1. The second-order valence-electron chi connectivity index (χ2n) is 5.80. The van der Waals surface area contributed by atoms with Gasteiger partial charge in [-0.1, -0.05) is 18.2 Å². The minimum atomic E-state index is -0.0200. The fraction of sp³-hybridized carbons (Fsp3) is 0.278. The van der Waals surface area contributed by atoms with Crippen molar-refractivity contribution in [3.8, 4) is 0 Å². The molecule has 112 valence electrons. The van der Waals surface area contributed by atoms with Gasteiger partial charge in [0.25, 0.3) is 5.91 Å². The topological polar surface area (TPSA) is 49.2 Å². The van der Waals surface area contributed by atoms with Crippen molar-refractivity contribution in [1.82, 2.24) is 9.88 Å². The summed E-state index contributed by atoms with van der Waals surface area (Å²) in [6.07, 6.45) is 4.72. The van der Waals surface area contributed by atoms with Gasteiger partial charge >= 0.3 is 0 Å². The molecule has 1 aliphatic rings. The predicted molar refractivity (Wildman–Crippen MR) is 84.6 cm³/mol. The van der Waals surface area contributed by atoms with E-state index < -0.39 is 0 Å². The predicted octanol–water partition coefficient (Wildman–Crippen LogP) is 4.13. The van der Waals surface area contributed by atoms with E-state index in [-0.39, 0.29) is 11.9 Å². The summed E-state index contributed by atoms with van der Waals surface area (Å²) >= 11 is 0. The number of fused-ring (bicyclic) bond motifs is 1. The molecule has 1 fully saturated rings. The fourth-order valence-electron chi connectivity index (χ4n) is 3.32. The second kappa shape index (κ2) is 5.37. The number of para-hydroxylation sites is 1. The first-order valence-corrected chi connectivity index (χ1v) is 7.75. The maximum atomic E-state index is 12.7. The molecule has 3 heterocycles. The van der Waals surface area contributed by atoms with E-state index in [4.69, 9.17) is 4.42 Å². The number of nitrogens with zero attached hydrogens (tertiary/aromatic N) is 1. The van der Waals surface area contributed by atoms with Crippen LogP contribution in [0.25, 0.3) is 10.9 Å². The number of carbonyl (C=O) groups excluding carboxylic acids is 1. The summed E-state index contributed by atoms with van der Waals surface area (Å²) in [6, 6.07) is 14.0. The van der Waals surface area contributed by atoms with Crippen LogP contribution >= 0.6 is 0 Å². The van der Waals surface area contributed by atoms with Crippen molar-refractivity contribution in [3.63, 3.8) is 0 Å². The van der Waals surface area contributed by atoms with Gasteiger partial charge in [0.2, 0.25) is 0 Å². The van der Waals surface area contributed by atoms with Crippen LogP contribution in [0.3, 0.4) is 0 Å². The molecule has 0 bridgehead atoms. The summed E-state index contributed by atoms with van der Waals surface area (Å²) in [5.74, 6) is 0.399. The summed E-state index contributed by atoms with van der Waals surface area (Å²) in [6.45, 7) is 0.777. The van der Waals surface area contributed by atoms with Crippen molar-refractivity contribution >= 4 is 16.8 Å². The smallest absolute Gasteiger partial charge is 0.290 e. The van der Waals surface area contributed by atoms with E-state index in [2.05, 4.69) is 23.2 Å². The number of piperidine rings is 1. The van der Waals surface area contributed by atoms with E-state index >= 15 is 0 Å². The lowest BCUT2D eigenvalue weighted by Crippen LogP contribution is -2.38. The van der Waals surface area contributed by atoms with Gasteiger partial charge in [-0.3, -0.25) is 4.79 Å². The van der Waals surface area contributed by atoms with Crippen molar-refractivity contribution in [2.45, 2.75) is 25.3 Å². The molecular weight excluding hydrogens is 276 g/mol. The largest absolute Gasteiger partial charge is 0.459 e. The van der Waals surface area contributed by atoms with Crippen molar-refractivity contribution in [2.24, 2.45) is 0 Å². The van der Waals surface area contributed by atoms with Crippen LogP contribution in [0.1, 0.15) is 41.6 Å². The number of aromatic amines is 1. The third-order valence-electron chi connectivity index (χ3n) is 4.41. The Morgan fingerprint density at radius 3 is 2.91 bits per heavy atom. The molecule has 3 aromatic rings. The Hall–Kier alpha value is -2.49. The molecule has 4 rings (SSSR count). The molecule has 2 aromatic heterocycles. The van der Waals surface area contributed by atoms with E-state index in [0.717, 1.165) is 37.0 Å². The molecule has 0 radical (unpaired) electrons. The summed E-state index contributed by atoms with van der Waals surface area (Å²) in [5, 5.41) is 1.19. The highest BCUT2D eigenvalue weighted by molar-refractivity contribution is 5.92. The Morgan fingerprint density at radius 2 is 2.09 bits per heavy atom. The highest BCUT2D eigenvalue weighted by atomic mass is 16.3. The van der Waals surface area contributed by atoms with Gasteiger partial charge in [-0.25, -0.2) is 0 Å². The summed E-state index contributed by atoms with van der Waals surface area (Å²) in [5.41, 5.74) is 2.23. The number of furan rings is 1. The average Bonchev–Trinajstić information content (AvgIpc) is 3.23. The number of hydrogen-bond acceptors (Lipinski definition) is 2. The molecule has 4 nitrogen and oxygen atoms in total. The first-order valence-electron chi connectivity index (χ1n) is 7.75. The Kier molecular flexibility index (Phi) is 3.22. The summed E-state index contributed by atoms with van der Waals surface area (Å²) in [4.78, 5) is 18.1. The molecular formula is C18H18N2O2. The number of rotatable bonds is 2. The molecule has 0 saturated carbocycles. The van der Waals surface area contributed by atoms with Gasteiger partial charge in [0, 0.05) is 17.8 Å². The van der Waals surface area contributed by atoms with E-state index in [1.807, 2.05) is 17.0 Å². The van der Waals surface area contributed by atoms with Crippen molar-refractivity contribution in [1.29, 1.82) is 0 Å². The minimum absolute atomic E-state index is 0.0200. The molecule has 0 aliphatic carbocycles. The van der Waals surface area contributed by atoms with Crippen LogP contribution in [0, 0.1) is 0 Å². The summed E-state index contributed by atoms with van der Waals surface area (Å²) in [7, 11) is 0. The number of H-pyrrole nitrogens is 1. The van der Waals surface area contributed by atoms with Crippen LogP contribution in [-0.2, 0) is 0 Å². The molecule has 4 heteroatoms. The third kappa shape index (κ3) is 2.21. The Labute approximate surface area is 128 Å². The first kappa shape index (κ1) is 13.2. The molecule has 1 aromatic carbocycles. The highest BCUT2D eigenvalue weighted by Gasteiger charge is 2.30. The van der Waals surface area contributed by atoms with Crippen LogP contribution in [0.5, 0.6) is 0 Å². The maximum Gasteiger partial charge on any atom is 0.290 e. The maximum absolute atomic E-state index is 12.7. The zero-order valence-corrected chi connectivity index (χ0v) is 12.3. The number of carbonyl (C=O) groups is 1. The van der Waals surface area contributed by atoms with Crippen LogP contribution < -0.4 is 0 Å². The number of hydrogen-bond donors (Lipinski definition) is 1.